The van der Waals surface area contributed by atoms with Crippen molar-refractivity contribution >= 4 is 17.7 Å². The van der Waals surface area contributed by atoms with Crippen LogP contribution in [0.15, 0.2) is 18.2 Å². The fraction of sp³-hybridized carbons (Fsp3) is 0.385. The molecule has 0 bridgehead atoms. The lowest BCUT2D eigenvalue weighted by molar-refractivity contribution is -0.131. The molecule has 97 valence electrons. The van der Waals surface area contributed by atoms with Crippen LogP contribution in [0.3, 0.4) is 0 Å². The molecule has 1 aromatic carbocycles. The SMILES string of the molecule is CC(=O)Oc1c[c]cc(NC(=O)OC(C)(C)C)c1. The third-order valence-electron chi connectivity index (χ3n) is 1.67. The maximum absolute atomic E-state index is 11.5. The van der Waals surface area contributed by atoms with Crippen molar-refractivity contribution < 1.29 is 19.1 Å². The molecule has 0 aliphatic carbocycles. The van der Waals surface area contributed by atoms with Crippen LogP contribution < -0.4 is 10.1 Å². The van der Waals surface area contributed by atoms with E-state index < -0.39 is 17.7 Å². The summed E-state index contributed by atoms with van der Waals surface area (Å²) in [5.41, 5.74) is -0.121. The van der Waals surface area contributed by atoms with Crippen molar-refractivity contribution in [1.82, 2.24) is 0 Å². The number of carbonyl (C=O) groups excluding carboxylic acids is 2. The summed E-state index contributed by atoms with van der Waals surface area (Å²) >= 11 is 0. The van der Waals surface area contributed by atoms with Crippen molar-refractivity contribution in [2.24, 2.45) is 0 Å². The Morgan fingerprint density at radius 3 is 2.50 bits per heavy atom. The lowest BCUT2D eigenvalue weighted by Gasteiger charge is -2.19. The van der Waals surface area contributed by atoms with E-state index in [0.717, 1.165) is 0 Å². The number of anilines is 1. The highest BCUT2D eigenvalue weighted by molar-refractivity contribution is 5.85. The van der Waals surface area contributed by atoms with E-state index in [-0.39, 0.29) is 0 Å². The molecule has 0 spiro atoms. The van der Waals surface area contributed by atoms with Crippen LogP contribution in [0.25, 0.3) is 0 Å². The second-order valence-corrected chi connectivity index (χ2v) is 4.68. The predicted octanol–water partition coefficient (Wildman–Crippen LogP) is 2.76. The van der Waals surface area contributed by atoms with Crippen LogP contribution in [0.2, 0.25) is 0 Å². The average molecular weight is 250 g/mol. The maximum atomic E-state index is 11.5. The van der Waals surface area contributed by atoms with Gasteiger partial charge >= 0.3 is 12.1 Å². The summed E-state index contributed by atoms with van der Waals surface area (Å²) in [7, 11) is 0. The van der Waals surface area contributed by atoms with Gasteiger partial charge in [0.15, 0.2) is 0 Å². The summed E-state index contributed by atoms with van der Waals surface area (Å²) in [6, 6.07) is 7.33. The summed E-state index contributed by atoms with van der Waals surface area (Å²) in [4.78, 5) is 22.3. The van der Waals surface area contributed by atoms with Gasteiger partial charge in [0.2, 0.25) is 0 Å². The Hall–Kier alpha value is -2.04. The number of hydrogen-bond acceptors (Lipinski definition) is 4. The van der Waals surface area contributed by atoms with Gasteiger partial charge in [-0.1, -0.05) is 0 Å². The first-order valence-corrected chi connectivity index (χ1v) is 5.46. The van der Waals surface area contributed by atoms with Crippen LogP contribution in [0.4, 0.5) is 10.5 Å². The monoisotopic (exact) mass is 250 g/mol. The Labute approximate surface area is 106 Å². The van der Waals surface area contributed by atoms with E-state index in [1.54, 1.807) is 26.8 Å². The van der Waals surface area contributed by atoms with Crippen LogP contribution in [0.1, 0.15) is 27.7 Å². The predicted molar refractivity (Wildman–Crippen MR) is 66.4 cm³/mol. The highest BCUT2D eigenvalue weighted by atomic mass is 16.6. The van der Waals surface area contributed by atoms with E-state index in [1.807, 2.05) is 0 Å². The number of ether oxygens (including phenoxy) is 2. The van der Waals surface area contributed by atoms with Crippen molar-refractivity contribution in [2.45, 2.75) is 33.3 Å². The molecule has 0 unspecified atom stereocenters. The molecular formula is C13H16NO4. The Balaban J connectivity index is 2.67. The van der Waals surface area contributed by atoms with E-state index in [0.29, 0.717) is 11.4 Å². The molecule has 0 atom stereocenters. The third-order valence-corrected chi connectivity index (χ3v) is 1.67. The topological polar surface area (TPSA) is 64.6 Å². The van der Waals surface area contributed by atoms with Gasteiger partial charge in [-0.25, -0.2) is 4.79 Å². The second-order valence-electron chi connectivity index (χ2n) is 4.68. The first kappa shape index (κ1) is 14.0. The molecular weight excluding hydrogens is 234 g/mol. The number of hydrogen-bond donors (Lipinski definition) is 1. The number of amides is 1. The van der Waals surface area contributed by atoms with Gasteiger partial charge < -0.3 is 9.47 Å². The van der Waals surface area contributed by atoms with Crippen molar-refractivity contribution in [3.63, 3.8) is 0 Å². The number of nitrogens with one attached hydrogen (secondary N) is 1. The number of esters is 1. The molecule has 0 saturated heterocycles. The van der Waals surface area contributed by atoms with Gasteiger partial charge in [0.05, 0.1) is 0 Å². The molecule has 0 saturated carbocycles. The fourth-order valence-electron chi connectivity index (χ4n) is 1.17. The third kappa shape index (κ3) is 5.34. The summed E-state index contributed by atoms with van der Waals surface area (Å²) < 4.78 is 9.97. The minimum Gasteiger partial charge on any atom is -0.444 e. The zero-order valence-electron chi connectivity index (χ0n) is 10.9. The Kier molecular flexibility index (Phi) is 4.31. The van der Waals surface area contributed by atoms with E-state index in [4.69, 9.17) is 9.47 Å². The number of benzene rings is 1. The van der Waals surface area contributed by atoms with Gasteiger partial charge in [-0.05, 0) is 39.0 Å². The van der Waals surface area contributed by atoms with Crippen molar-refractivity contribution in [2.75, 3.05) is 5.32 Å². The molecule has 0 heterocycles. The van der Waals surface area contributed by atoms with E-state index in [2.05, 4.69) is 11.4 Å². The van der Waals surface area contributed by atoms with Gasteiger partial charge in [0.25, 0.3) is 0 Å². The van der Waals surface area contributed by atoms with Gasteiger partial charge in [-0.15, -0.1) is 0 Å². The zero-order valence-corrected chi connectivity index (χ0v) is 10.9. The molecule has 1 aromatic rings. The van der Waals surface area contributed by atoms with Gasteiger partial charge in [0.1, 0.15) is 11.4 Å². The Bertz CT molecular complexity index is 449. The number of rotatable bonds is 2. The lowest BCUT2D eigenvalue weighted by atomic mass is 10.2. The van der Waals surface area contributed by atoms with Crippen LogP contribution >= 0.6 is 0 Å². The second kappa shape index (κ2) is 5.53. The largest absolute Gasteiger partial charge is 0.444 e. The van der Waals surface area contributed by atoms with Crippen LogP contribution in [0.5, 0.6) is 5.75 Å². The highest BCUT2D eigenvalue weighted by Gasteiger charge is 2.16. The Morgan fingerprint density at radius 2 is 1.94 bits per heavy atom. The van der Waals surface area contributed by atoms with Crippen LogP contribution in [0, 0.1) is 6.07 Å². The maximum Gasteiger partial charge on any atom is 0.412 e. The molecule has 0 aliphatic heterocycles. The van der Waals surface area contributed by atoms with Crippen molar-refractivity contribution in [1.29, 1.82) is 0 Å². The molecule has 0 aromatic heterocycles. The number of carbonyl (C=O) groups is 2. The molecule has 1 rings (SSSR count). The van der Waals surface area contributed by atoms with E-state index in [9.17, 15) is 9.59 Å². The molecule has 0 aliphatic rings. The highest BCUT2D eigenvalue weighted by Crippen LogP contribution is 2.18. The van der Waals surface area contributed by atoms with Crippen LogP contribution in [-0.4, -0.2) is 17.7 Å². The molecule has 18 heavy (non-hydrogen) atoms. The smallest absolute Gasteiger partial charge is 0.412 e. The average Bonchev–Trinajstić information content (AvgIpc) is 2.13. The van der Waals surface area contributed by atoms with Gasteiger partial charge in [-0.2, -0.15) is 0 Å². The molecule has 0 fully saturated rings. The quantitative estimate of drug-likeness (QED) is 0.647. The lowest BCUT2D eigenvalue weighted by Crippen LogP contribution is -2.27. The fourth-order valence-corrected chi connectivity index (χ4v) is 1.17. The molecule has 1 N–H and O–H groups in total. The summed E-state index contributed by atoms with van der Waals surface area (Å²) in [6.45, 7) is 6.62. The molecule has 5 nitrogen and oxygen atoms in total. The zero-order chi connectivity index (χ0) is 13.8. The first-order valence-electron chi connectivity index (χ1n) is 5.46. The normalized spacial score (nSPS) is 10.7. The molecule has 5 heteroatoms. The van der Waals surface area contributed by atoms with E-state index in [1.165, 1.54) is 19.1 Å². The first-order chi connectivity index (χ1) is 8.26. The van der Waals surface area contributed by atoms with Gasteiger partial charge in [0, 0.05) is 18.7 Å². The Morgan fingerprint density at radius 1 is 1.28 bits per heavy atom. The minimum atomic E-state index is -0.573. The van der Waals surface area contributed by atoms with Crippen LogP contribution in [-0.2, 0) is 9.53 Å². The minimum absolute atomic E-state index is 0.316. The molecule has 1 amide bonds. The summed E-state index contributed by atoms with van der Waals surface area (Å²) in [6.07, 6.45) is -0.573. The summed E-state index contributed by atoms with van der Waals surface area (Å²) in [5.74, 6) is -0.117. The van der Waals surface area contributed by atoms with Crippen molar-refractivity contribution in [3.05, 3.63) is 24.3 Å². The van der Waals surface area contributed by atoms with Crippen molar-refractivity contribution in [3.8, 4) is 5.75 Å². The summed E-state index contributed by atoms with van der Waals surface area (Å²) in [5, 5.41) is 2.53. The standard InChI is InChI=1S/C13H16NO4/c1-9(15)17-11-7-5-6-10(8-11)14-12(16)18-13(2,3)4/h6-8H,1-4H3,(H,14,16). The molecule has 1 radical (unpaired) electrons. The van der Waals surface area contributed by atoms with Gasteiger partial charge in [-0.3, -0.25) is 10.1 Å². The van der Waals surface area contributed by atoms with E-state index >= 15 is 0 Å².